The van der Waals surface area contributed by atoms with Crippen molar-refractivity contribution in [1.82, 2.24) is 9.80 Å². The highest BCUT2D eigenvalue weighted by Crippen LogP contribution is 2.21. The van der Waals surface area contributed by atoms with E-state index in [2.05, 4.69) is 6.08 Å². The molecule has 0 bridgehead atoms. The highest BCUT2D eigenvalue weighted by Gasteiger charge is 2.27. The van der Waals surface area contributed by atoms with Gasteiger partial charge in [-0.15, -0.1) is 0 Å². The van der Waals surface area contributed by atoms with Gasteiger partial charge in [-0.05, 0) is 25.7 Å². The normalized spacial score (nSPS) is 19.5. The fraction of sp³-hybridized carbons (Fsp3) is 0.643. The maximum absolute atomic E-state index is 12.1. The Labute approximate surface area is 118 Å². The quantitative estimate of drug-likeness (QED) is 0.594. The van der Waals surface area contributed by atoms with E-state index in [4.69, 9.17) is 5.11 Å². The molecule has 6 heteroatoms. The van der Waals surface area contributed by atoms with Crippen LogP contribution in [0.5, 0.6) is 0 Å². The van der Waals surface area contributed by atoms with Gasteiger partial charge >= 0.3 is 11.9 Å². The van der Waals surface area contributed by atoms with Crippen LogP contribution in [-0.4, -0.2) is 58.9 Å². The van der Waals surface area contributed by atoms with Gasteiger partial charge in [0, 0.05) is 32.6 Å². The van der Waals surface area contributed by atoms with E-state index in [1.54, 1.807) is 4.90 Å². The Morgan fingerprint density at radius 3 is 2.25 bits per heavy atom. The average molecular weight is 280 g/mol. The van der Waals surface area contributed by atoms with Gasteiger partial charge in [0.25, 0.3) is 0 Å². The first-order valence-electron chi connectivity index (χ1n) is 7.06. The minimum atomic E-state index is -1.43. The molecule has 0 aromatic heterocycles. The zero-order valence-corrected chi connectivity index (χ0v) is 11.5. The summed E-state index contributed by atoms with van der Waals surface area (Å²) in [5.74, 6) is -2.23. The van der Waals surface area contributed by atoms with Crippen molar-refractivity contribution in [2.24, 2.45) is 0 Å². The summed E-state index contributed by atoms with van der Waals surface area (Å²) in [6, 6.07) is 0. The van der Waals surface area contributed by atoms with Gasteiger partial charge < -0.3 is 14.9 Å². The summed E-state index contributed by atoms with van der Waals surface area (Å²) in [6.07, 6.45) is 7.04. The molecule has 0 saturated carbocycles. The predicted octanol–water partition coefficient (Wildman–Crippen LogP) is 0.632. The van der Waals surface area contributed by atoms with Crippen molar-refractivity contribution in [1.29, 1.82) is 0 Å². The number of rotatable bonds is 2. The smallest absolute Gasteiger partial charge is 0.394 e. The molecule has 110 valence electrons. The van der Waals surface area contributed by atoms with Crippen LogP contribution in [0.3, 0.4) is 0 Å². The van der Waals surface area contributed by atoms with Crippen molar-refractivity contribution in [2.45, 2.75) is 32.1 Å². The summed E-state index contributed by atoms with van der Waals surface area (Å²) in [6.45, 7) is 1.45. The first kappa shape index (κ1) is 14.6. The predicted molar refractivity (Wildman–Crippen MR) is 72.0 cm³/mol. The fourth-order valence-electron chi connectivity index (χ4n) is 2.67. The largest absolute Gasteiger partial charge is 0.474 e. The second-order valence-corrected chi connectivity index (χ2v) is 5.26. The van der Waals surface area contributed by atoms with Crippen molar-refractivity contribution >= 4 is 17.8 Å². The molecule has 0 aromatic rings. The van der Waals surface area contributed by atoms with E-state index in [9.17, 15) is 14.4 Å². The van der Waals surface area contributed by atoms with Crippen LogP contribution in [0.15, 0.2) is 11.6 Å². The molecular weight excluding hydrogens is 260 g/mol. The molecule has 0 radical (unpaired) electrons. The molecule has 0 unspecified atom stereocenters. The van der Waals surface area contributed by atoms with Gasteiger partial charge in [-0.25, -0.2) is 4.79 Å². The highest BCUT2D eigenvalue weighted by molar-refractivity contribution is 6.31. The maximum Gasteiger partial charge on any atom is 0.394 e. The van der Waals surface area contributed by atoms with Crippen molar-refractivity contribution in [3.63, 3.8) is 0 Å². The standard InChI is InChI=1S/C14H20N2O4/c17-12(10-11-4-2-1-3-5-11)15-6-8-16(9-7-15)13(18)14(19)20/h4H,1-3,5-10H2,(H,19,20). The first-order chi connectivity index (χ1) is 9.58. The minimum Gasteiger partial charge on any atom is -0.474 e. The van der Waals surface area contributed by atoms with E-state index in [1.165, 1.54) is 16.9 Å². The molecule has 1 saturated heterocycles. The Bertz CT molecular complexity index is 436. The number of nitrogens with zero attached hydrogens (tertiary/aromatic N) is 2. The lowest BCUT2D eigenvalue weighted by Crippen LogP contribution is -2.52. The second-order valence-electron chi connectivity index (χ2n) is 5.26. The third-order valence-electron chi connectivity index (χ3n) is 3.87. The highest BCUT2D eigenvalue weighted by atomic mass is 16.4. The van der Waals surface area contributed by atoms with Gasteiger partial charge in [0.15, 0.2) is 0 Å². The second kappa shape index (κ2) is 6.54. The number of hydrogen-bond acceptors (Lipinski definition) is 3. The molecule has 1 N–H and O–H groups in total. The van der Waals surface area contributed by atoms with Gasteiger partial charge in [0.05, 0.1) is 0 Å². The Kier molecular flexibility index (Phi) is 4.76. The maximum atomic E-state index is 12.1. The molecule has 2 aliphatic rings. The number of carbonyl (C=O) groups excluding carboxylic acids is 2. The molecule has 0 spiro atoms. The lowest BCUT2D eigenvalue weighted by atomic mass is 9.97. The van der Waals surface area contributed by atoms with Crippen LogP contribution >= 0.6 is 0 Å². The van der Waals surface area contributed by atoms with Crippen molar-refractivity contribution < 1.29 is 19.5 Å². The molecule has 2 amide bonds. The molecule has 20 heavy (non-hydrogen) atoms. The minimum absolute atomic E-state index is 0.0839. The molecule has 1 heterocycles. The van der Waals surface area contributed by atoms with E-state index in [1.807, 2.05) is 0 Å². The number of carboxylic acid groups (broad SMARTS) is 1. The Morgan fingerprint density at radius 2 is 1.70 bits per heavy atom. The van der Waals surface area contributed by atoms with Crippen LogP contribution in [0, 0.1) is 0 Å². The Morgan fingerprint density at radius 1 is 1.05 bits per heavy atom. The number of hydrogen-bond donors (Lipinski definition) is 1. The van der Waals surface area contributed by atoms with Crippen LogP contribution in [0.1, 0.15) is 32.1 Å². The lowest BCUT2D eigenvalue weighted by Gasteiger charge is -2.34. The molecule has 2 rings (SSSR count). The monoisotopic (exact) mass is 280 g/mol. The van der Waals surface area contributed by atoms with E-state index in [0.29, 0.717) is 32.6 Å². The third kappa shape index (κ3) is 3.59. The van der Waals surface area contributed by atoms with Gasteiger partial charge in [0.2, 0.25) is 5.91 Å². The van der Waals surface area contributed by atoms with Gasteiger partial charge in [-0.1, -0.05) is 11.6 Å². The number of amides is 2. The lowest BCUT2D eigenvalue weighted by molar-refractivity contribution is -0.157. The molecule has 1 aliphatic heterocycles. The summed E-state index contributed by atoms with van der Waals surface area (Å²) < 4.78 is 0. The zero-order chi connectivity index (χ0) is 14.5. The topological polar surface area (TPSA) is 77.9 Å². The van der Waals surface area contributed by atoms with Crippen molar-refractivity contribution in [3.05, 3.63) is 11.6 Å². The molecule has 0 atom stereocenters. The Hall–Kier alpha value is -1.85. The van der Waals surface area contributed by atoms with Crippen molar-refractivity contribution in [2.75, 3.05) is 26.2 Å². The summed E-state index contributed by atoms with van der Waals surface area (Å²) in [7, 11) is 0. The van der Waals surface area contributed by atoms with Gasteiger partial charge in [-0.2, -0.15) is 0 Å². The first-order valence-corrected chi connectivity index (χ1v) is 7.06. The number of carbonyl (C=O) groups is 3. The zero-order valence-electron chi connectivity index (χ0n) is 11.5. The summed E-state index contributed by atoms with van der Waals surface area (Å²) in [5.41, 5.74) is 1.21. The van der Waals surface area contributed by atoms with Crippen LogP contribution in [-0.2, 0) is 14.4 Å². The van der Waals surface area contributed by atoms with Gasteiger partial charge in [0.1, 0.15) is 0 Å². The number of allylic oxidation sites excluding steroid dienone is 1. The van der Waals surface area contributed by atoms with Crippen LogP contribution in [0.25, 0.3) is 0 Å². The third-order valence-corrected chi connectivity index (χ3v) is 3.87. The Balaban J connectivity index is 1.81. The van der Waals surface area contributed by atoms with Crippen LogP contribution in [0.4, 0.5) is 0 Å². The van der Waals surface area contributed by atoms with E-state index in [0.717, 1.165) is 19.3 Å². The molecule has 6 nitrogen and oxygen atoms in total. The SMILES string of the molecule is O=C(O)C(=O)N1CCN(C(=O)CC2=CCCCC2)CC1. The summed E-state index contributed by atoms with van der Waals surface area (Å²) in [5, 5.41) is 8.65. The fourth-order valence-corrected chi connectivity index (χ4v) is 2.67. The van der Waals surface area contributed by atoms with E-state index >= 15 is 0 Å². The number of aliphatic carboxylic acids is 1. The van der Waals surface area contributed by atoms with Gasteiger partial charge in [-0.3, -0.25) is 9.59 Å². The van der Waals surface area contributed by atoms with Crippen molar-refractivity contribution in [3.8, 4) is 0 Å². The number of piperazine rings is 1. The van der Waals surface area contributed by atoms with Crippen LogP contribution < -0.4 is 0 Å². The molecular formula is C14H20N2O4. The van der Waals surface area contributed by atoms with E-state index < -0.39 is 11.9 Å². The average Bonchev–Trinajstić information content (AvgIpc) is 2.47. The van der Waals surface area contributed by atoms with E-state index in [-0.39, 0.29) is 5.91 Å². The molecule has 1 aliphatic carbocycles. The number of carboxylic acids is 1. The summed E-state index contributed by atoms with van der Waals surface area (Å²) >= 11 is 0. The summed E-state index contributed by atoms with van der Waals surface area (Å²) in [4.78, 5) is 37.1. The molecule has 1 fully saturated rings. The van der Waals surface area contributed by atoms with Crippen LogP contribution in [0.2, 0.25) is 0 Å². The molecule has 0 aromatic carbocycles.